The molecule has 2 amide bonds. The van der Waals surface area contributed by atoms with E-state index in [2.05, 4.69) is 10.6 Å². The Bertz CT molecular complexity index is 303. The second-order valence-corrected chi connectivity index (χ2v) is 5.51. The Morgan fingerprint density at radius 1 is 1.41 bits per heavy atom. The van der Waals surface area contributed by atoms with Crippen LogP contribution in [-0.4, -0.2) is 35.1 Å². The first-order valence-corrected chi connectivity index (χ1v) is 6.60. The van der Waals surface area contributed by atoms with Crippen LogP contribution in [0.15, 0.2) is 0 Å². The third-order valence-electron chi connectivity index (χ3n) is 3.06. The number of carboxylic acid groups (broad SMARTS) is 1. The van der Waals surface area contributed by atoms with Crippen LogP contribution in [0.25, 0.3) is 0 Å². The fourth-order valence-corrected chi connectivity index (χ4v) is 3.80. The van der Waals surface area contributed by atoms with Gasteiger partial charge in [0.25, 0.3) is 0 Å². The molecule has 3 atom stereocenters. The molecule has 0 aliphatic carbocycles. The van der Waals surface area contributed by atoms with Gasteiger partial charge in [0.05, 0.1) is 12.1 Å². The third kappa shape index (κ3) is 4.05. The van der Waals surface area contributed by atoms with E-state index < -0.39 is 5.97 Å². The summed E-state index contributed by atoms with van der Waals surface area (Å²) in [5, 5.41) is 16.5. The van der Waals surface area contributed by atoms with Gasteiger partial charge in [-0.1, -0.05) is 6.42 Å². The molecule has 2 aliphatic rings. The van der Waals surface area contributed by atoms with Crippen LogP contribution in [0.4, 0.5) is 4.79 Å². The molecule has 17 heavy (non-hydrogen) atoms. The largest absolute Gasteiger partial charge is 1.00 e. The molecule has 0 radical (unpaired) electrons. The van der Waals surface area contributed by atoms with E-state index in [1.165, 1.54) is 0 Å². The van der Waals surface area contributed by atoms with Crippen molar-refractivity contribution in [2.45, 2.75) is 43.0 Å². The molecule has 2 N–H and O–H groups in total. The summed E-state index contributed by atoms with van der Waals surface area (Å²) >= 11 is 1.85. The molecule has 0 aromatic heterocycles. The summed E-state index contributed by atoms with van der Waals surface area (Å²) in [6.07, 6.45) is 2.64. The number of amides is 2. The first-order chi connectivity index (χ1) is 7.66. The van der Waals surface area contributed by atoms with Gasteiger partial charge < -0.3 is 20.5 Å². The van der Waals surface area contributed by atoms with Crippen molar-refractivity contribution in [1.82, 2.24) is 10.6 Å². The summed E-state index contributed by atoms with van der Waals surface area (Å²) < 4.78 is 0. The molecule has 2 saturated heterocycles. The number of carbonyl (C=O) groups is 2. The Morgan fingerprint density at radius 3 is 2.88 bits per heavy atom. The predicted octanol–water partition coefficient (Wildman–Crippen LogP) is -3.53. The van der Waals surface area contributed by atoms with Gasteiger partial charge in [0.2, 0.25) is 0 Å². The zero-order valence-corrected chi connectivity index (χ0v) is 12.7. The zero-order valence-electron chi connectivity index (χ0n) is 9.90. The van der Waals surface area contributed by atoms with Gasteiger partial charge in [-0.3, -0.25) is 0 Å². The standard InChI is InChI=1S/C10H16N2O3S.Na/c13-8(14)4-2-1-3-7-9-6(5-16-7)11-10(15)12-9;/h6-7,9H,1-5H2,(H,13,14)(H2,11,12,15);/q;+1/p-1/t6-,7-,9-;/m0./s1. The number of rotatable bonds is 5. The topological polar surface area (TPSA) is 81.3 Å². The quantitative estimate of drug-likeness (QED) is 0.307. The maximum absolute atomic E-state index is 11.1. The van der Waals surface area contributed by atoms with Gasteiger partial charge in [0, 0.05) is 17.0 Å². The summed E-state index contributed by atoms with van der Waals surface area (Å²) in [5.41, 5.74) is 0. The average molecular weight is 266 g/mol. The fraction of sp³-hybridized carbons (Fsp3) is 0.800. The molecule has 0 unspecified atom stereocenters. The van der Waals surface area contributed by atoms with E-state index in [-0.39, 0.29) is 54.1 Å². The molecular weight excluding hydrogens is 251 g/mol. The molecule has 0 saturated carbocycles. The van der Waals surface area contributed by atoms with Crippen molar-refractivity contribution in [3.63, 3.8) is 0 Å². The molecular formula is C10H15N2NaO3S. The second kappa shape index (κ2) is 6.87. The number of carboxylic acids is 1. The molecule has 0 spiro atoms. The summed E-state index contributed by atoms with van der Waals surface area (Å²) in [5.74, 6) is -0.0260. The molecule has 2 aliphatic heterocycles. The first-order valence-electron chi connectivity index (χ1n) is 5.55. The van der Waals surface area contributed by atoms with Gasteiger partial charge in [-0.25, -0.2) is 4.79 Å². The van der Waals surface area contributed by atoms with Crippen molar-refractivity contribution in [2.75, 3.05) is 5.75 Å². The van der Waals surface area contributed by atoms with E-state index in [1.807, 2.05) is 11.8 Å². The fourth-order valence-electron chi connectivity index (χ4n) is 2.26. The molecule has 90 valence electrons. The van der Waals surface area contributed by atoms with Crippen LogP contribution in [0.5, 0.6) is 0 Å². The maximum atomic E-state index is 11.1. The van der Waals surface area contributed by atoms with Crippen molar-refractivity contribution in [3.05, 3.63) is 0 Å². The van der Waals surface area contributed by atoms with Crippen LogP contribution in [0.1, 0.15) is 25.7 Å². The van der Waals surface area contributed by atoms with E-state index >= 15 is 0 Å². The summed E-state index contributed by atoms with van der Waals surface area (Å²) in [6.45, 7) is 0. The molecule has 7 heteroatoms. The predicted molar refractivity (Wildman–Crippen MR) is 59.0 cm³/mol. The van der Waals surface area contributed by atoms with Crippen molar-refractivity contribution in [3.8, 4) is 0 Å². The number of aliphatic carboxylic acids is 1. The van der Waals surface area contributed by atoms with Gasteiger partial charge in [-0.2, -0.15) is 11.8 Å². The average Bonchev–Trinajstić information content (AvgIpc) is 2.72. The van der Waals surface area contributed by atoms with Crippen molar-refractivity contribution < 1.29 is 44.3 Å². The molecule has 0 aromatic carbocycles. The molecule has 0 bridgehead atoms. The van der Waals surface area contributed by atoms with E-state index in [0.29, 0.717) is 11.7 Å². The van der Waals surface area contributed by atoms with Crippen LogP contribution in [0.2, 0.25) is 0 Å². The summed E-state index contributed by atoms with van der Waals surface area (Å²) in [4.78, 5) is 21.3. The molecule has 2 rings (SSSR count). The van der Waals surface area contributed by atoms with E-state index in [1.54, 1.807) is 0 Å². The summed E-state index contributed by atoms with van der Waals surface area (Å²) in [7, 11) is 0. The SMILES string of the molecule is O=C([O-])CCCC[C@@H]1SC[C@@H]2NC(=O)N[C@@H]21.[Na+]. The monoisotopic (exact) mass is 266 g/mol. The van der Waals surface area contributed by atoms with Crippen molar-refractivity contribution >= 4 is 23.8 Å². The Hall–Kier alpha value is 0.0900. The number of urea groups is 1. The van der Waals surface area contributed by atoms with E-state index in [4.69, 9.17) is 0 Å². The number of unbranched alkanes of at least 4 members (excludes halogenated alkanes) is 1. The Morgan fingerprint density at radius 2 is 2.18 bits per heavy atom. The van der Waals surface area contributed by atoms with Crippen LogP contribution >= 0.6 is 11.8 Å². The molecule has 2 fully saturated rings. The third-order valence-corrected chi connectivity index (χ3v) is 4.57. The smallest absolute Gasteiger partial charge is 0.550 e. The first kappa shape index (κ1) is 15.1. The number of hydrogen-bond donors (Lipinski definition) is 2. The van der Waals surface area contributed by atoms with Gasteiger partial charge in [-0.15, -0.1) is 0 Å². The van der Waals surface area contributed by atoms with Gasteiger partial charge in [-0.05, 0) is 19.3 Å². The second-order valence-electron chi connectivity index (χ2n) is 4.24. The Kier molecular flexibility index (Phi) is 6.12. The minimum atomic E-state index is -0.979. The number of nitrogens with one attached hydrogen (secondary N) is 2. The Balaban J connectivity index is 0.00000144. The van der Waals surface area contributed by atoms with Gasteiger partial charge >= 0.3 is 35.6 Å². The van der Waals surface area contributed by atoms with Crippen LogP contribution in [-0.2, 0) is 4.79 Å². The molecule has 0 aromatic rings. The minimum Gasteiger partial charge on any atom is -0.550 e. The Labute approximate surface area is 127 Å². The van der Waals surface area contributed by atoms with E-state index in [0.717, 1.165) is 18.6 Å². The van der Waals surface area contributed by atoms with Crippen molar-refractivity contribution in [1.29, 1.82) is 0 Å². The van der Waals surface area contributed by atoms with Crippen LogP contribution in [0.3, 0.4) is 0 Å². The number of thioether (sulfide) groups is 1. The minimum absolute atomic E-state index is 0. The maximum Gasteiger partial charge on any atom is 1.00 e. The summed E-state index contributed by atoms with van der Waals surface area (Å²) in [6, 6.07) is 0.402. The molecule has 5 nitrogen and oxygen atoms in total. The van der Waals surface area contributed by atoms with Gasteiger partial charge in [0.15, 0.2) is 0 Å². The normalized spacial score (nSPS) is 30.1. The van der Waals surface area contributed by atoms with Crippen molar-refractivity contribution in [2.24, 2.45) is 0 Å². The number of carbonyl (C=O) groups excluding carboxylic acids is 2. The molecule has 2 heterocycles. The van der Waals surface area contributed by atoms with Gasteiger partial charge in [0.1, 0.15) is 0 Å². The number of fused-ring (bicyclic) bond motifs is 1. The van der Waals surface area contributed by atoms with E-state index in [9.17, 15) is 14.7 Å². The zero-order chi connectivity index (χ0) is 11.5. The van der Waals surface area contributed by atoms with Crippen LogP contribution < -0.4 is 45.3 Å². The number of hydrogen-bond acceptors (Lipinski definition) is 4. The van der Waals surface area contributed by atoms with Crippen LogP contribution in [0, 0.1) is 0 Å².